The Hall–Kier alpha value is -2.61. The number of carbonyl (C=O) groups excluding carboxylic acids is 1. The lowest BCUT2D eigenvalue weighted by Gasteiger charge is -2.35. The molecule has 0 saturated carbocycles. The van der Waals surface area contributed by atoms with Gasteiger partial charge in [-0.1, -0.05) is 62.8 Å². The third-order valence-corrected chi connectivity index (χ3v) is 5.67. The Morgan fingerprint density at radius 2 is 1.74 bits per heavy atom. The fourth-order valence-electron chi connectivity index (χ4n) is 4.07. The molecule has 0 heterocycles. The van der Waals surface area contributed by atoms with Gasteiger partial charge in [0.2, 0.25) is 0 Å². The zero-order valence-electron chi connectivity index (χ0n) is 16.8. The first-order valence-electron chi connectivity index (χ1n) is 9.78. The SMILES string of the molecule is CCC1=C(C)/C(=C/c2ccc(C(=O)Nc3ccccc3)cc2)CCC1(C)C. The average molecular weight is 360 g/mol. The van der Waals surface area contributed by atoms with Crippen molar-refractivity contribution in [2.75, 3.05) is 5.32 Å². The van der Waals surface area contributed by atoms with Crippen LogP contribution < -0.4 is 5.32 Å². The van der Waals surface area contributed by atoms with Crippen LogP contribution in [0, 0.1) is 5.41 Å². The summed E-state index contributed by atoms with van der Waals surface area (Å²) < 4.78 is 0. The van der Waals surface area contributed by atoms with Gasteiger partial charge in [-0.3, -0.25) is 4.79 Å². The molecule has 0 fully saturated rings. The highest BCUT2D eigenvalue weighted by atomic mass is 16.1. The number of benzene rings is 2. The molecule has 0 bridgehead atoms. The predicted molar refractivity (Wildman–Crippen MR) is 115 cm³/mol. The van der Waals surface area contributed by atoms with Crippen LogP contribution in [0.1, 0.15) is 62.9 Å². The van der Waals surface area contributed by atoms with Gasteiger partial charge in [-0.15, -0.1) is 0 Å². The molecule has 2 nitrogen and oxygen atoms in total. The van der Waals surface area contributed by atoms with Crippen molar-refractivity contribution in [3.63, 3.8) is 0 Å². The van der Waals surface area contributed by atoms with E-state index >= 15 is 0 Å². The number of hydrogen-bond acceptors (Lipinski definition) is 1. The molecule has 0 aromatic heterocycles. The van der Waals surface area contributed by atoms with Crippen molar-refractivity contribution in [1.29, 1.82) is 0 Å². The van der Waals surface area contributed by atoms with Crippen molar-refractivity contribution < 1.29 is 4.79 Å². The molecular formula is C25H29NO. The molecule has 1 aliphatic carbocycles. The van der Waals surface area contributed by atoms with E-state index in [1.54, 1.807) is 5.57 Å². The summed E-state index contributed by atoms with van der Waals surface area (Å²) in [5.41, 5.74) is 7.37. The molecule has 0 spiro atoms. The van der Waals surface area contributed by atoms with Crippen LogP contribution in [-0.4, -0.2) is 5.91 Å². The fraction of sp³-hybridized carbons (Fsp3) is 0.320. The minimum absolute atomic E-state index is 0.0795. The number of nitrogens with one attached hydrogen (secondary N) is 1. The molecule has 1 amide bonds. The van der Waals surface area contributed by atoms with E-state index in [-0.39, 0.29) is 5.91 Å². The number of allylic oxidation sites excluding steroid dienone is 3. The van der Waals surface area contributed by atoms with Gasteiger partial charge in [0.15, 0.2) is 0 Å². The minimum atomic E-state index is -0.0795. The van der Waals surface area contributed by atoms with E-state index in [9.17, 15) is 4.79 Å². The number of para-hydroxylation sites is 1. The van der Waals surface area contributed by atoms with Crippen LogP contribution in [0.25, 0.3) is 6.08 Å². The molecule has 1 aliphatic rings. The maximum absolute atomic E-state index is 12.4. The summed E-state index contributed by atoms with van der Waals surface area (Å²) in [7, 11) is 0. The lowest BCUT2D eigenvalue weighted by molar-refractivity contribution is 0.102. The summed E-state index contributed by atoms with van der Waals surface area (Å²) in [6.07, 6.45) is 5.68. The van der Waals surface area contributed by atoms with Gasteiger partial charge in [0.05, 0.1) is 0 Å². The second kappa shape index (κ2) is 7.96. The summed E-state index contributed by atoms with van der Waals surface area (Å²) in [6.45, 7) is 9.22. The van der Waals surface area contributed by atoms with Crippen LogP contribution in [0.5, 0.6) is 0 Å². The number of rotatable bonds is 4. The largest absolute Gasteiger partial charge is 0.322 e. The normalized spacial score (nSPS) is 17.9. The van der Waals surface area contributed by atoms with E-state index in [4.69, 9.17) is 0 Å². The van der Waals surface area contributed by atoms with Gasteiger partial charge >= 0.3 is 0 Å². The first kappa shape index (κ1) is 19.2. The smallest absolute Gasteiger partial charge is 0.255 e. The quantitative estimate of drug-likeness (QED) is 0.634. The topological polar surface area (TPSA) is 29.1 Å². The molecule has 140 valence electrons. The molecule has 0 radical (unpaired) electrons. The lowest BCUT2D eigenvalue weighted by atomic mass is 9.70. The maximum atomic E-state index is 12.4. The Morgan fingerprint density at radius 3 is 2.37 bits per heavy atom. The molecule has 2 aromatic carbocycles. The first-order valence-corrected chi connectivity index (χ1v) is 9.78. The number of carbonyl (C=O) groups is 1. The fourth-order valence-corrected chi connectivity index (χ4v) is 4.07. The van der Waals surface area contributed by atoms with Gasteiger partial charge in [-0.25, -0.2) is 0 Å². The predicted octanol–water partition coefficient (Wildman–Crippen LogP) is 6.87. The van der Waals surface area contributed by atoms with Crippen LogP contribution in [0.4, 0.5) is 5.69 Å². The van der Waals surface area contributed by atoms with Crippen LogP contribution in [-0.2, 0) is 0 Å². The number of hydrogen-bond donors (Lipinski definition) is 1. The molecular weight excluding hydrogens is 330 g/mol. The lowest BCUT2D eigenvalue weighted by Crippen LogP contribution is -2.21. The molecule has 2 aromatic rings. The first-order chi connectivity index (χ1) is 12.9. The monoisotopic (exact) mass is 359 g/mol. The Balaban J connectivity index is 1.78. The minimum Gasteiger partial charge on any atom is -0.322 e. The number of anilines is 1. The average Bonchev–Trinajstić information content (AvgIpc) is 2.65. The van der Waals surface area contributed by atoms with E-state index in [0.29, 0.717) is 11.0 Å². The molecule has 1 N–H and O–H groups in total. The zero-order chi connectivity index (χ0) is 19.4. The highest BCUT2D eigenvalue weighted by molar-refractivity contribution is 6.04. The Kier molecular flexibility index (Phi) is 5.65. The van der Waals surface area contributed by atoms with E-state index in [2.05, 4.69) is 39.1 Å². The van der Waals surface area contributed by atoms with Gasteiger partial charge in [0, 0.05) is 11.3 Å². The molecule has 27 heavy (non-hydrogen) atoms. The molecule has 0 aliphatic heterocycles. The summed E-state index contributed by atoms with van der Waals surface area (Å²) in [5.74, 6) is -0.0795. The van der Waals surface area contributed by atoms with Gasteiger partial charge < -0.3 is 5.32 Å². The van der Waals surface area contributed by atoms with Crippen LogP contribution in [0.3, 0.4) is 0 Å². The highest BCUT2D eigenvalue weighted by Crippen LogP contribution is 2.44. The van der Waals surface area contributed by atoms with Crippen molar-refractivity contribution in [3.8, 4) is 0 Å². The highest BCUT2D eigenvalue weighted by Gasteiger charge is 2.29. The molecule has 0 atom stereocenters. The van der Waals surface area contributed by atoms with Gasteiger partial charge in [0.25, 0.3) is 5.91 Å². The van der Waals surface area contributed by atoms with E-state index < -0.39 is 0 Å². The van der Waals surface area contributed by atoms with Gasteiger partial charge in [0.1, 0.15) is 0 Å². The third-order valence-electron chi connectivity index (χ3n) is 5.67. The van der Waals surface area contributed by atoms with E-state index in [1.165, 1.54) is 17.6 Å². The summed E-state index contributed by atoms with van der Waals surface area (Å²) in [5, 5.41) is 2.93. The van der Waals surface area contributed by atoms with Crippen LogP contribution in [0.2, 0.25) is 0 Å². The van der Waals surface area contributed by atoms with E-state index in [0.717, 1.165) is 24.1 Å². The second-order valence-corrected chi connectivity index (χ2v) is 7.95. The van der Waals surface area contributed by atoms with Gasteiger partial charge in [-0.05, 0) is 72.6 Å². The van der Waals surface area contributed by atoms with Crippen LogP contribution in [0.15, 0.2) is 71.3 Å². The molecule has 2 heteroatoms. The Morgan fingerprint density at radius 1 is 1.07 bits per heavy atom. The van der Waals surface area contributed by atoms with E-state index in [1.807, 2.05) is 54.6 Å². The maximum Gasteiger partial charge on any atom is 0.255 e. The van der Waals surface area contributed by atoms with Crippen molar-refractivity contribution >= 4 is 17.7 Å². The van der Waals surface area contributed by atoms with Crippen molar-refractivity contribution in [3.05, 3.63) is 82.4 Å². The Bertz CT molecular complexity index is 870. The number of amides is 1. The summed E-state index contributed by atoms with van der Waals surface area (Å²) in [4.78, 5) is 12.4. The Labute approximate surface area is 163 Å². The molecule has 3 rings (SSSR count). The third kappa shape index (κ3) is 4.39. The van der Waals surface area contributed by atoms with Crippen LogP contribution >= 0.6 is 0 Å². The van der Waals surface area contributed by atoms with Crippen molar-refractivity contribution in [2.24, 2.45) is 5.41 Å². The zero-order valence-corrected chi connectivity index (χ0v) is 16.8. The standard InChI is InChI=1S/C25H29NO/c1-5-23-18(2)21(15-16-25(23,3)4)17-19-11-13-20(14-12-19)24(27)26-22-9-7-6-8-10-22/h6-14,17H,5,15-16H2,1-4H3,(H,26,27)/b21-17+. The molecule has 0 unspecified atom stereocenters. The molecule has 0 saturated heterocycles. The summed E-state index contributed by atoms with van der Waals surface area (Å²) >= 11 is 0. The second-order valence-electron chi connectivity index (χ2n) is 7.95. The summed E-state index contributed by atoms with van der Waals surface area (Å²) in [6, 6.07) is 17.4. The van der Waals surface area contributed by atoms with Crippen molar-refractivity contribution in [1.82, 2.24) is 0 Å². The van der Waals surface area contributed by atoms with Crippen molar-refractivity contribution in [2.45, 2.75) is 47.0 Å². The van der Waals surface area contributed by atoms with Gasteiger partial charge in [-0.2, -0.15) is 0 Å².